The van der Waals surface area contributed by atoms with Crippen molar-refractivity contribution in [2.75, 3.05) is 37.5 Å². The lowest BCUT2D eigenvalue weighted by molar-refractivity contribution is -0.185. The molecule has 1 aromatic carbocycles. The molecule has 1 aliphatic rings. The number of para-hydroxylation sites is 1. The Balaban J connectivity index is 1.62. The number of nitrogens with one attached hydrogen (secondary N) is 2. The maximum Gasteiger partial charge on any atom is 0.459 e. The van der Waals surface area contributed by atoms with E-state index in [-0.39, 0.29) is 35.3 Å². The average Bonchev–Trinajstić information content (AvgIpc) is 3.57. The minimum absolute atomic E-state index is 0.0286. The summed E-state index contributed by atoms with van der Waals surface area (Å²) in [5.41, 5.74) is -2.50. The minimum atomic E-state index is -5.31. The largest absolute Gasteiger partial charge is 0.462 e. The van der Waals surface area contributed by atoms with E-state index in [1.165, 1.54) is 38.1 Å². The lowest BCUT2D eigenvalue weighted by atomic mass is 9.98. The van der Waals surface area contributed by atoms with Gasteiger partial charge in [-0.25, -0.2) is 23.5 Å². The lowest BCUT2D eigenvalue weighted by Crippen LogP contribution is -2.49. The predicted octanol–water partition coefficient (Wildman–Crippen LogP) is 5.29. The zero-order valence-electron chi connectivity index (χ0n) is 29.3. The van der Waals surface area contributed by atoms with Crippen LogP contribution >= 0.6 is 7.75 Å². The molecule has 0 aliphatic carbocycles. The minimum Gasteiger partial charge on any atom is -0.462 e. The molecule has 3 heterocycles. The van der Waals surface area contributed by atoms with Gasteiger partial charge in [0.25, 0.3) is 0 Å². The number of aliphatic hydroxyl groups is 1. The number of aromatic nitrogens is 4. The number of anilines is 2. The average molecular weight is 764 g/mol. The Morgan fingerprint density at radius 2 is 1.87 bits per heavy atom. The van der Waals surface area contributed by atoms with Gasteiger partial charge in [0.15, 0.2) is 28.9 Å². The molecule has 1 amide bonds. The molecule has 3 aromatic rings. The highest BCUT2D eigenvalue weighted by Crippen LogP contribution is 2.49. The summed E-state index contributed by atoms with van der Waals surface area (Å²) in [7, 11) is -1.87. The van der Waals surface area contributed by atoms with Gasteiger partial charge in [-0.1, -0.05) is 38.0 Å². The van der Waals surface area contributed by atoms with Crippen molar-refractivity contribution >= 4 is 42.7 Å². The van der Waals surface area contributed by atoms with E-state index in [1.807, 2.05) is 6.92 Å². The molecule has 288 valence electrons. The van der Waals surface area contributed by atoms with Gasteiger partial charge in [0.05, 0.1) is 25.6 Å². The van der Waals surface area contributed by atoms with Crippen molar-refractivity contribution < 1.29 is 60.1 Å². The molecular formula is C31H42F4N7O9P. The lowest BCUT2D eigenvalue weighted by Gasteiger charge is -2.27. The van der Waals surface area contributed by atoms with Crippen molar-refractivity contribution in [2.45, 2.75) is 89.4 Å². The number of hydrogen-bond donors (Lipinski definition) is 3. The SMILES string of the molecule is CCCCCOC(=O)Nc1nc(N(C)C)c2ncn([C@@H]3O[C@H](COP(=O)(N[C@H](C(=O)OC(C)C)C(F)(F)F)Oc4ccccc4)[C@@H](O)[C@@]3(C)F)c2n1. The molecule has 1 unspecified atom stereocenters. The number of alkyl halides is 4. The second kappa shape index (κ2) is 16.7. The van der Waals surface area contributed by atoms with Crippen molar-refractivity contribution in [3.8, 4) is 5.75 Å². The van der Waals surface area contributed by atoms with E-state index in [9.17, 15) is 32.4 Å². The van der Waals surface area contributed by atoms with Crippen LogP contribution in [0.4, 0.5) is 34.1 Å². The number of fused-ring (bicyclic) bond motifs is 1. The molecule has 1 fully saturated rings. The quantitative estimate of drug-likeness (QED) is 0.0739. The van der Waals surface area contributed by atoms with Crippen LogP contribution in [0.3, 0.4) is 0 Å². The first-order chi connectivity index (χ1) is 24.4. The number of esters is 1. The van der Waals surface area contributed by atoms with E-state index in [0.29, 0.717) is 6.42 Å². The van der Waals surface area contributed by atoms with Crippen LogP contribution in [0.15, 0.2) is 36.7 Å². The fraction of sp³-hybridized carbons (Fsp3) is 0.581. The topological polar surface area (TPSA) is 188 Å². The fourth-order valence-electron chi connectivity index (χ4n) is 5.04. The summed E-state index contributed by atoms with van der Waals surface area (Å²) in [5.74, 6) is -1.99. The molecule has 16 nitrogen and oxygen atoms in total. The monoisotopic (exact) mass is 763 g/mol. The van der Waals surface area contributed by atoms with Gasteiger partial charge in [0.2, 0.25) is 12.0 Å². The maximum absolute atomic E-state index is 16.4. The van der Waals surface area contributed by atoms with E-state index < -0.39 is 68.8 Å². The number of carbonyl (C=O) groups excluding carboxylic acids is 2. The number of aliphatic hydroxyl groups excluding tert-OH is 1. The van der Waals surface area contributed by atoms with Gasteiger partial charge in [-0.3, -0.25) is 14.4 Å². The van der Waals surface area contributed by atoms with Crippen molar-refractivity contribution in [1.82, 2.24) is 24.6 Å². The third kappa shape index (κ3) is 9.86. The summed E-state index contributed by atoms with van der Waals surface area (Å²) in [6.07, 6.45) is -8.87. The number of benzene rings is 1. The molecule has 4 rings (SSSR count). The highest BCUT2D eigenvalue weighted by atomic mass is 31.2. The molecule has 0 bridgehead atoms. The van der Waals surface area contributed by atoms with Gasteiger partial charge in [-0.05, 0) is 39.3 Å². The first-order valence-corrected chi connectivity index (χ1v) is 17.8. The van der Waals surface area contributed by atoms with E-state index in [1.54, 1.807) is 30.1 Å². The van der Waals surface area contributed by atoms with Crippen LogP contribution in [-0.2, 0) is 28.1 Å². The summed E-state index contributed by atoms with van der Waals surface area (Å²) >= 11 is 0. The molecule has 0 spiro atoms. The summed E-state index contributed by atoms with van der Waals surface area (Å²) in [6.45, 7) is 4.81. The molecule has 52 heavy (non-hydrogen) atoms. The third-order valence-electron chi connectivity index (χ3n) is 7.57. The Hall–Kier alpha value is -4.10. The van der Waals surface area contributed by atoms with Gasteiger partial charge < -0.3 is 28.7 Å². The number of rotatable bonds is 16. The fourth-order valence-corrected chi connectivity index (χ4v) is 6.53. The highest BCUT2D eigenvalue weighted by Gasteiger charge is 2.57. The standard InChI is InChI=1S/C31H42F4N7O9P/c1-7-8-12-15-47-29(45)39-28-37-24(41(5)6)21-25(38-28)42(17-36-21)27-30(4,32)23(43)20(50-27)16-48-52(46,51-19-13-10-9-11-14-19)40-22(31(33,34)35)26(44)49-18(2)3/h9-11,13-14,17-18,20,22-23,27,43H,7-8,12,15-16H2,1-6H3,(H,40,46)(H,37,38,39,45)/t20-,22-,23-,27-,30-,52?/m1/s1. The summed E-state index contributed by atoms with van der Waals surface area (Å²) in [5, 5.41) is 15.1. The zero-order chi connectivity index (χ0) is 38.4. The van der Waals surface area contributed by atoms with Crippen LogP contribution in [0.5, 0.6) is 5.75 Å². The summed E-state index contributed by atoms with van der Waals surface area (Å²) < 4.78 is 99.8. The second-order valence-corrected chi connectivity index (χ2v) is 14.2. The molecule has 2 aromatic heterocycles. The van der Waals surface area contributed by atoms with Crippen LogP contribution < -0.4 is 19.8 Å². The number of unbranched alkanes of at least 4 members (excludes halogenated alkanes) is 2. The Kier molecular flexibility index (Phi) is 13.1. The highest BCUT2D eigenvalue weighted by molar-refractivity contribution is 7.52. The molecule has 1 aliphatic heterocycles. The molecule has 1 saturated heterocycles. The molecule has 6 atom stereocenters. The normalized spacial score (nSPS) is 22.2. The number of amides is 1. The van der Waals surface area contributed by atoms with Gasteiger partial charge in [0.1, 0.15) is 18.0 Å². The number of nitrogens with zero attached hydrogens (tertiary/aromatic N) is 5. The van der Waals surface area contributed by atoms with Crippen LogP contribution in [-0.4, -0.2) is 100 Å². The number of hydrogen-bond acceptors (Lipinski definition) is 13. The Morgan fingerprint density at radius 1 is 1.17 bits per heavy atom. The number of carbonyl (C=O) groups is 2. The van der Waals surface area contributed by atoms with E-state index in [2.05, 4.69) is 20.3 Å². The van der Waals surface area contributed by atoms with Crippen molar-refractivity contribution in [2.24, 2.45) is 0 Å². The molecular weight excluding hydrogens is 721 g/mol. The molecule has 21 heteroatoms. The van der Waals surface area contributed by atoms with Crippen LogP contribution in [0.25, 0.3) is 11.2 Å². The predicted molar refractivity (Wildman–Crippen MR) is 178 cm³/mol. The van der Waals surface area contributed by atoms with Crippen LogP contribution in [0, 0.1) is 0 Å². The molecule has 0 saturated carbocycles. The van der Waals surface area contributed by atoms with Crippen molar-refractivity contribution in [1.29, 1.82) is 0 Å². The summed E-state index contributed by atoms with van der Waals surface area (Å²) in [6, 6.07) is 3.82. The Bertz CT molecular complexity index is 1730. The van der Waals surface area contributed by atoms with Gasteiger partial charge in [-0.15, -0.1) is 0 Å². The molecule has 3 N–H and O–H groups in total. The zero-order valence-corrected chi connectivity index (χ0v) is 30.2. The van der Waals surface area contributed by atoms with Gasteiger partial charge in [0, 0.05) is 14.1 Å². The Morgan fingerprint density at radius 3 is 2.48 bits per heavy atom. The first kappa shape index (κ1) is 40.7. The van der Waals surface area contributed by atoms with Gasteiger partial charge >= 0.3 is 26.0 Å². The van der Waals surface area contributed by atoms with Crippen LogP contribution in [0.2, 0.25) is 0 Å². The smallest absolute Gasteiger partial charge is 0.459 e. The van der Waals surface area contributed by atoms with Crippen molar-refractivity contribution in [3.63, 3.8) is 0 Å². The first-order valence-electron chi connectivity index (χ1n) is 16.3. The number of ether oxygens (including phenoxy) is 3. The van der Waals surface area contributed by atoms with E-state index >= 15 is 4.39 Å². The molecule has 0 radical (unpaired) electrons. The van der Waals surface area contributed by atoms with Crippen molar-refractivity contribution in [3.05, 3.63) is 36.7 Å². The third-order valence-corrected chi connectivity index (χ3v) is 9.09. The van der Waals surface area contributed by atoms with Crippen LogP contribution in [0.1, 0.15) is 53.2 Å². The number of imidazole rings is 1. The number of halogens is 4. The summed E-state index contributed by atoms with van der Waals surface area (Å²) in [4.78, 5) is 39.3. The Labute approximate surface area is 296 Å². The van der Waals surface area contributed by atoms with E-state index in [4.69, 9.17) is 23.3 Å². The second-order valence-electron chi connectivity index (χ2n) is 12.5. The maximum atomic E-state index is 16.4. The van der Waals surface area contributed by atoms with Gasteiger partial charge in [-0.2, -0.15) is 28.2 Å². The van der Waals surface area contributed by atoms with E-state index in [0.717, 1.165) is 30.7 Å².